The van der Waals surface area contributed by atoms with Gasteiger partial charge in [0.2, 0.25) is 5.78 Å². The lowest BCUT2D eigenvalue weighted by Crippen LogP contribution is -2.57. The van der Waals surface area contributed by atoms with Crippen molar-refractivity contribution in [3.05, 3.63) is 23.0 Å². The third kappa shape index (κ3) is 3.69. The molecule has 0 unspecified atom stereocenters. The quantitative estimate of drug-likeness (QED) is 0.341. The summed E-state index contributed by atoms with van der Waals surface area (Å²) in [5, 5.41) is 53.5. The van der Waals surface area contributed by atoms with Crippen LogP contribution in [0.1, 0.15) is 93.4 Å². The van der Waals surface area contributed by atoms with E-state index in [1.807, 2.05) is 13.8 Å². The number of allylic oxidation sites excluding steroid dienone is 3. The van der Waals surface area contributed by atoms with Crippen LogP contribution in [0.4, 0.5) is 0 Å². The molecule has 0 amide bonds. The number of Topliss-reactive ketones (excluding diaryl/α,β-unsaturated/α-hetero) is 1. The second kappa shape index (κ2) is 8.65. The Morgan fingerprint density at radius 1 is 1.08 bits per heavy atom. The standard InChI is InChI=1S/C30H48O6/c1-26(2)22-10-9-19-20(28(22,5)15-21(32)25(26)35)14-24(34)30(7)18(12-13-29(19,30)6)17(16-31)8-11-23(33)27(3,4)36/h15,17-18,22-24,31-34,36H,8-14,16H2,1-7H3/t17-,18+,22-,23-,24-,28+,29-,30-/m0/s1. The van der Waals surface area contributed by atoms with Crippen molar-refractivity contribution >= 4 is 5.78 Å². The van der Waals surface area contributed by atoms with Crippen molar-refractivity contribution in [3.63, 3.8) is 0 Å². The molecule has 1 fully saturated rings. The fourth-order valence-electron chi connectivity index (χ4n) is 9.15. The normalized spacial score (nSPS) is 41.8. The van der Waals surface area contributed by atoms with Gasteiger partial charge in [0, 0.05) is 22.9 Å². The van der Waals surface area contributed by atoms with Gasteiger partial charge < -0.3 is 25.5 Å². The minimum atomic E-state index is -1.19. The Kier molecular flexibility index (Phi) is 6.69. The fraction of sp³-hybridized carbons (Fsp3) is 0.833. The average Bonchev–Trinajstić information content (AvgIpc) is 3.06. The van der Waals surface area contributed by atoms with Crippen molar-refractivity contribution in [2.24, 2.45) is 39.4 Å². The van der Waals surface area contributed by atoms with Crippen molar-refractivity contribution in [1.82, 2.24) is 0 Å². The van der Waals surface area contributed by atoms with Crippen LogP contribution < -0.4 is 0 Å². The van der Waals surface area contributed by atoms with Crippen LogP contribution in [-0.4, -0.2) is 55.7 Å². The minimum Gasteiger partial charge on any atom is -0.505 e. The molecule has 4 rings (SSSR count). The van der Waals surface area contributed by atoms with Gasteiger partial charge in [0.05, 0.1) is 17.8 Å². The first kappa shape index (κ1) is 27.8. The van der Waals surface area contributed by atoms with Crippen LogP contribution in [-0.2, 0) is 4.79 Å². The molecule has 0 saturated heterocycles. The highest BCUT2D eigenvalue weighted by atomic mass is 16.3. The molecule has 6 heteroatoms. The Balaban J connectivity index is 1.73. The second-order valence-electron chi connectivity index (χ2n) is 14.1. The van der Waals surface area contributed by atoms with E-state index in [4.69, 9.17) is 0 Å². The maximum Gasteiger partial charge on any atom is 0.202 e. The van der Waals surface area contributed by atoms with E-state index >= 15 is 0 Å². The van der Waals surface area contributed by atoms with Gasteiger partial charge in [-0.2, -0.15) is 0 Å². The van der Waals surface area contributed by atoms with Crippen molar-refractivity contribution in [2.75, 3.05) is 6.61 Å². The van der Waals surface area contributed by atoms with Gasteiger partial charge in [-0.3, -0.25) is 4.79 Å². The largest absolute Gasteiger partial charge is 0.505 e. The van der Waals surface area contributed by atoms with Crippen molar-refractivity contribution in [2.45, 2.75) is 111 Å². The summed E-state index contributed by atoms with van der Waals surface area (Å²) in [6, 6.07) is 0. The third-order valence-electron chi connectivity index (χ3n) is 11.6. The van der Waals surface area contributed by atoms with E-state index in [2.05, 4.69) is 20.8 Å². The van der Waals surface area contributed by atoms with Crippen LogP contribution in [0.15, 0.2) is 23.0 Å². The van der Waals surface area contributed by atoms with Gasteiger partial charge in [0.25, 0.3) is 0 Å². The van der Waals surface area contributed by atoms with Gasteiger partial charge in [0.15, 0.2) is 5.76 Å². The molecule has 8 atom stereocenters. The molecule has 6 nitrogen and oxygen atoms in total. The molecule has 0 aromatic carbocycles. The Bertz CT molecular complexity index is 972. The third-order valence-corrected chi connectivity index (χ3v) is 11.6. The molecule has 4 aliphatic rings. The van der Waals surface area contributed by atoms with Crippen LogP contribution in [0.25, 0.3) is 0 Å². The lowest BCUT2D eigenvalue weighted by molar-refractivity contribution is -0.134. The van der Waals surface area contributed by atoms with Crippen LogP contribution in [0.5, 0.6) is 0 Å². The van der Waals surface area contributed by atoms with Gasteiger partial charge in [-0.05, 0) is 88.0 Å². The zero-order valence-corrected chi connectivity index (χ0v) is 23.3. The topological polar surface area (TPSA) is 118 Å². The number of rotatable bonds is 6. The molecular weight excluding hydrogens is 456 g/mol. The second-order valence-corrected chi connectivity index (χ2v) is 14.1. The molecule has 0 spiro atoms. The molecule has 0 radical (unpaired) electrons. The maximum absolute atomic E-state index is 12.8. The Morgan fingerprint density at radius 3 is 2.31 bits per heavy atom. The highest BCUT2D eigenvalue weighted by Gasteiger charge is 2.66. The minimum absolute atomic E-state index is 0.0137. The highest BCUT2D eigenvalue weighted by molar-refractivity contribution is 5.99. The molecule has 204 valence electrons. The zero-order valence-electron chi connectivity index (χ0n) is 23.3. The van der Waals surface area contributed by atoms with E-state index in [9.17, 15) is 30.3 Å². The Morgan fingerprint density at radius 2 is 1.72 bits per heavy atom. The van der Waals surface area contributed by atoms with Gasteiger partial charge in [0.1, 0.15) is 0 Å². The first-order valence-corrected chi connectivity index (χ1v) is 13.8. The number of hydrogen-bond acceptors (Lipinski definition) is 6. The Labute approximate surface area is 216 Å². The summed E-state index contributed by atoms with van der Waals surface area (Å²) in [5.74, 6) is -0.271. The number of fused-ring (bicyclic) bond motifs is 4. The lowest BCUT2D eigenvalue weighted by atomic mass is 9.44. The van der Waals surface area contributed by atoms with Crippen molar-refractivity contribution in [3.8, 4) is 0 Å². The van der Waals surface area contributed by atoms with E-state index < -0.39 is 34.1 Å². The number of aliphatic hydroxyl groups is 5. The predicted octanol–water partition coefficient (Wildman–Crippen LogP) is 4.46. The molecule has 4 aliphatic carbocycles. The smallest absolute Gasteiger partial charge is 0.202 e. The van der Waals surface area contributed by atoms with Gasteiger partial charge in [-0.1, -0.05) is 45.8 Å². The first-order chi connectivity index (χ1) is 16.5. The predicted molar refractivity (Wildman–Crippen MR) is 139 cm³/mol. The van der Waals surface area contributed by atoms with Crippen LogP contribution in [0.2, 0.25) is 0 Å². The molecule has 0 aromatic rings. The number of ketones is 1. The summed E-state index contributed by atoms with van der Waals surface area (Å²) in [7, 11) is 0. The number of carbonyl (C=O) groups excluding carboxylic acids is 1. The number of aliphatic hydroxyl groups excluding tert-OH is 4. The van der Waals surface area contributed by atoms with E-state index in [1.165, 1.54) is 11.1 Å². The van der Waals surface area contributed by atoms with Gasteiger partial charge in [-0.25, -0.2) is 0 Å². The van der Waals surface area contributed by atoms with Crippen molar-refractivity contribution in [1.29, 1.82) is 0 Å². The molecule has 1 saturated carbocycles. The Hall–Kier alpha value is -1.21. The molecule has 0 bridgehead atoms. The molecule has 5 N–H and O–H groups in total. The summed E-state index contributed by atoms with van der Waals surface area (Å²) in [4.78, 5) is 12.8. The summed E-state index contributed by atoms with van der Waals surface area (Å²) in [6.07, 6.45) is 5.31. The lowest BCUT2D eigenvalue weighted by Gasteiger charge is -2.61. The molecule has 0 aliphatic heterocycles. The number of carbonyl (C=O) groups is 1. The van der Waals surface area contributed by atoms with E-state index in [-0.39, 0.29) is 41.3 Å². The monoisotopic (exact) mass is 504 g/mol. The van der Waals surface area contributed by atoms with E-state index in [0.29, 0.717) is 19.3 Å². The van der Waals surface area contributed by atoms with Crippen molar-refractivity contribution < 1.29 is 30.3 Å². The SMILES string of the molecule is CC(C)(O)[C@@H](O)CC[C@@H](CO)[C@H]1CC[C@@]2(C)C3=C(C[C@H](O)[C@]12C)[C@@]1(C)C=C(O)C(=O)C(C)(C)[C@@H]1CC3. The summed E-state index contributed by atoms with van der Waals surface area (Å²) in [5.41, 5.74) is -0.466. The summed E-state index contributed by atoms with van der Waals surface area (Å²) < 4.78 is 0. The van der Waals surface area contributed by atoms with Crippen LogP contribution in [0.3, 0.4) is 0 Å². The average molecular weight is 505 g/mol. The summed E-state index contributed by atoms with van der Waals surface area (Å²) in [6.45, 7) is 13.7. The molecule has 0 aromatic heterocycles. The first-order valence-electron chi connectivity index (χ1n) is 13.8. The van der Waals surface area contributed by atoms with Gasteiger partial charge >= 0.3 is 0 Å². The number of hydrogen-bond donors (Lipinski definition) is 5. The van der Waals surface area contributed by atoms with E-state index in [1.54, 1.807) is 19.9 Å². The summed E-state index contributed by atoms with van der Waals surface area (Å²) >= 11 is 0. The van der Waals surface area contributed by atoms with Crippen LogP contribution in [0, 0.1) is 39.4 Å². The highest BCUT2D eigenvalue weighted by Crippen LogP contribution is 2.71. The zero-order chi connectivity index (χ0) is 27.1. The molecule has 0 heterocycles. The molecular formula is C30H48O6. The van der Waals surface area contributed by atoms with E-state index in [0.717, 1.165) is 25.7 Å². The fourth-order valence-corrected chi connectivity index (χ4v) is 9.15. The molecule has 36 heavy (non-hydrogen) atoms. The maximum atomic E-state index is 12.8. The van der Waals surface area contributed by atoms with Gasteiger partial charge in [-0.15, -0.1) is 0 Å². The van der Waals surface area contributed by atoms with Crippen LogP contribution >= 0.6 is 0 Å².